The van der Waals surface area contributed by atoms with E-state index >= 15 is 0 Å². The summed E-state index contributed by atoms with van der Waals surface area (Å²) in [4.78, 5) is 16.8. The number of amides is 1. The van der Waals surface area contributed by atoms with E-state index in [2.05, 4.69) is 19.9 Å². The maximum Gasteiger partial charge on any atom is 0.290 e. The van der Waals surface area contributed by atoms with Gasteiger partial charge in [0, 0.05) is 6.20 Å². The number of imidazole rings is 1. The van der Waals surface area contributed by atoms with Crippen LogP contribution in [0.3, 0.4) is 0 Å². The molecule has 3 rings (SSSR count). The molecule has 0 bridgehead atoms. The van der Waals surface area contributed by atoms with Crippen LogP contribution in [-0.4, -0.2) is 25.4 Å². The van der Waals surface area contributed by atoms with Gasteiger partial charge in [-0.2, -0.15) is 9.47 Å². The number of aryl methyl sites for hydroxylation is 2. The summed E-state index contributed by atoms with van der Waals surface area (Å²) in [6.07, 6.45) is 1.80. The topological polar surface area (TPSA) is 97.7 Å². The van der Waals surface area contributed by atoms with Gasteiger partial charge in [0.15, 0.2) is 0 Å². The van der Waals surface area contributed by atoms with Crippen molar-refractivity contribution in [2.24, 2.45) is 5.10 Å². The lowest BCUT2D eigenvalue weighted by Crippen LogP contribution is -2.22. The van der Waals surface area contributed by atoms with Crippen LogP contribution in [-0.2, 0) is 0 Å². The minimum absolute atomic E-state index is 0.319. The van der Waals surface area contributed by atoms with Gasteiger partial charge >= 0.3 is 0 Å². The number of hydrazone groups is 1. The Labute approximate surface area is 137 Å². The number of nitrogens with two attached hydrogens (primary N) is 1. The lowest BCUT2D eigenvalue weighted by molar-refractivity contribution is 0.0948. The zero-order valence-electron chi connectivity index (χ0n) is 13.0. The number of carbonyl (C=O) groups is 1. The average Bonchev–Trinajstić information content (AvgIpc) is 3.03. The first-order chi connectivity index (χ1) is 11.0. The van der Waals surface area contributed by atoms with Gasteiger partial charge in [0.05, 0.1) is 22.7 Å². The number of anilines is 1. The van der Waals surface area contributed by atoms with Crippen LogP contribution in [0, 0.1) is 13.8 Å². The summed E-state index contributed by atoms with van der Waals surface area (Å²) >= 11 is 1.22. The van der Waals surface area contributed by atoms with Crippen molar-refractivity contribution in [3.63, 3.8) is 0 Å². The largest absolute Gasteiger partial charge is 0.389 e. The summed E-state index contributed by atoms with van der Waals surface area (Å²) in [6, 6.07) is 5.57. The highest BCUT2D eigenvalue weighted by atomic mass is 32.1. The van der Waals surface area contributed by atoms with Crippen LogP contribution >= 0.6 is 11.5 Å². The second kappa shape index (κ2) is 5.81. The average molecular weight is 328 g/mol. The van der Waals surface area contributed by atoms with Crippen LogP contribution in [0.15, 0.2) is 29.5 Å². The van der Waals surface area contributed by atoms with Crippen molar-refractivity contribution < 1.29 is 4.79 Å². The van der Waals surface area contributed by atoms with Gasteiger partial charge in [0.2, 0.25) is 0 Å². The molecule has 0 aliphatic carbocycles. The molecule has 0 saturated heterocycles. The molecule has 0 atom stereocenters. The molecule has 1 amide bonds. The monoisotopic (exact) mass is 328 g/mol. The Balaban J connectivity index is 1.90. The van der Waals surface area contributed by atoms with E-state index in [4.69, 9.17) is 5.73 Å². The number of nitrogens with zero attached hydrogens (tertiary/aromatic N) is 4. The summed E-state index contributed by atoms with van der Waals surface area (Å²) in [5.41, 5.74) is 12.5. The summed E-state index contributed by atoms with van der Waals surface area (Å²) in [6.45, 7) is 5.44. The van der Waals surface area contributed by atoms with Crippen LogP contribution in [0.5, 0.6) is 0 Å². The van der Waals surface area contributed by atoms with Gasteiger partial charge in [-0.15, -0.1) is 0 Å². The van der Waals surface area contributed by atoms with E-state index in [1.54, 1.807) is 24.4 Å². The Morgan fingerprint density at radius 2 is 2.13 bits per heavy atom. The molecule has 7 nitrogen and oxygen atoms in total. The highest BCUT2D eigenvalue weighted by Crippen LogP contribution is 2.21. The van der Waals surface area contributed by atoms with E-state index in [-0.39, 0.29) is 5.91 Å². The van der Waals surface area contributed by atoms with E-state index < -0.39 is 0 Å². The third-order valence-electron chi connectivity index (χ3n) is 3.50. The van der Waals surface area contributed by atoms with Gasteiger partial charge in [-0.25, -0.2) is 10.4 Å². The van der Waals surface area contributed by atoms with Crippen molar-refractivity contribution in [2.75, 3.05) is 5.73 Å². The molecule has 118 valence electrons. The van der Waals surface area contributed by atoms with Crippen LogP contribution in [0.4, 0.5) is 5.00 Å². The molecule has 8 heteroatoms. The van der Waals surface area contributed by atoms with Gasteiger partial charge in [-0.1, -0.05) is 6.07 Å². The van der Waals surface area contributed by atoms with E-state index in [0.717, 1.165) is 16.9 Å². The molecule has 0 spiro atoms. The molecule has 3 N–H and O–H groups in total. The summed E-state index contributed by atoms with van der Waals surface area (Å²) in [5, 5.41) is 4.74. The van der Waals surface area contributed by atoms with E-state index in [9.17, 15) is 4.79 Å². The van der Waals surface area contributed by atoms with Gasteiger partial charge in [-0.05, 0) is 44.4 Å². The zero-order valence-corrected chi connectivity index (χ0v) is 13.8. The molecule has 0 fully saturated rings. The molecule has 0 saturated carbocycles. The molecule has 3 aromatic heterocycles. The Bertz CT molecular complexity index is 904. The maximum absolute atomic E-state index is 12.5. The summed E-state index contributed by atoms with van der Waals surface area (Å²) in [5.74, 6) is -0.319. The normalized spacial score (nSPS) is 11.9. The molecule has 0 aliphatic rings. The number of nitrogens with one attached hydrogen (secondary N) is 1. The molecule has 0 aromatic carbocycles. The molecule has 0 unspecified atom stereocenters. The van der Waals surface area contributed by atoms with Crippen molar-refractivity contribution in [3.05, 3.63) is 47.0 Å². The molecule has 3 aromatic rings. The van der Waals surface area contributed by atoms with E-state index in [0.29, 0.717) is 22.1 Å². The number of hydrogen-bond acceptors (Lipinski definition) is 6. The van der Waals surface area contributed by atoms with E-state index in [1.165, 1.54) is 11.5 Å². The Morgan fingerprint density at radius 3 is 2.83 bits per heavy atom. The Kier molecular flexibility index (Phi) is 3.83. The third-order valence-corrected chi connectivity index (χ3v) is 4.26. The predicted molar refractivity (Wildman–Crippen MR) is 90.9 cm³/mol. The number of pyridine rings is 1. The smallest absolute Gasteiger partial charge is 0.290 e. The van der Waals surface area contributed by atoms with Gasteiger partial charge in [0.25, 0.3) is 5.91 Å². The lowest BCUT2D eigenvalue weighted by Gasteiger charge is -2.04. The fourth-order valence-electron chi connectivity index (χ4n) is 2.46. The Hall–Kier alpha value is -2.74. The fourth-order valence-corrected chi connectivity index (χ4v) is 3.17. The van der Waals surface area contributed by atoms with Crippen molar-refractivity contribution >= 4 is 33.8 Å². The second-order valence-electron chi connectivity index (χ2n) is 5.12. The highest BCUT2D eigenvalue weighted by Gasteiger charge is 2.17. The third kappa shape index (κ3) is 2.68. The summed E-state index contributed by atoms with van der Waals surface area (Å²) < 4.78 is 5.92. The highest BCUT2D eigenvalue weighted by molar-refractivity contribution is 7.10. The van der Waals surface area contributed by atoms with Crippen LogP contribution in [0.2, 0.25) is 0 Å². The van der Waals surface area contributed by atoms with Crippen LogP contribution < -0.4 is 11.2 Å². The first kappa shape index (κ1) is 15.2. The number of carbonyl (C=O) groups excluding carboxylic acids is 1. The van der Waals surface area contributed by atoms with Gasteiger partial charge in [0.1, 0.15) is 16.3 Å². The van der Waals surface area contributed by atoms with Crippen molar-refractivity contribution in [1.82, 2.24) is 19.2 Å². The molecule has 0 aliphatic heterocycles. The number of aromatic nitrogens is 3. The maximum atomic E-state index is 12.5. The molecular formula is C15H16N6OS. The Morgan fingerprint density at radius 1 is 1.35 bits per heavy atom. The SMILES string of the molecule is C/C(=N/NC(=O)c1c(C)nc2ccccn12)c1c(C)nsc1N. The predicted octanol–water partition coefficient (Wildman–Crippen LogP) is 2.14. The van der Waals surface area contributed by atoms with Crippen molar-refractivity contribution in [2.45, 2.75) is 20.8 Å². The van der Waals surface area contributed by atoms with Gasteiger partial charge in [-0.3, -0.25) is 9.20 Å². The van der Waals surface area contributed by atoms with Crippen LogP contribution in [0.1, 0.15) is 34.4 Å². The first-order valence-electron chi connectivity index (χ1n) is 6.99. The molecule has 3 heterocycles. The molecular weight excluding hydrogens is 312 g/mol. The zero-order chi connectivity index (χ0) is 16.6. The molecule has 0 radical (unpaired) electrons. The lowest BCUT2D eigenvalue weighted by atomic mass is 10.2. The number of rotatable bonds is 3. The van der Waals surface area contributed by atoms with Crippen molar-refractivity contribution in [1.29, 1.82) is 0 Å². The van der Waals surface area contributed by atoms with E-state index in [1.807, 2.05) is 25.1 Å². The second-order valence-corrected chi connectivity index (χ2v) is 5.93. The standard InChI is InChI=1S/C15H16N6OS/c1-8(12-9(2)20-23-14(12)16)18-19-15(22)13-10(3)17-11-6-4-5-7-21(11)13/h4-7H,16H2,1-3H3,(H,19,22)/b18-8-. The quantitative estimate of drug-likeness (QED) is 0.568. The molecule has 23 heavy (non-hydrogen) atoms. The minimum atomic E-state index is -0.319. The fraction of sp³-hybridized carbons (Fsp3) is 0.200. The van der Waals surface area contributed by atoms with Crippen LogP contribution in [0.25, 0.3) is 5.65 Å². The number of hydrogen-bond donors (Lipinski definition) is 2. The van der Waals surface area contributed by atoms with Crippen molar-refractivity contribution in [3.8, 4) is 0 Å². The number of fused-ring (bicyclic) bond motifs is 1. The first-order valence-corrected chi connectivity index (χ1v) is 7.77. The van der Waals surface area contributed by atoms with Gasteiger partial charge < -0.3 is 5.73 Å². The number of nitrogen functional groups attached to an aromatic ring is 1. The minimum Gasteiger partial charge on any atom is -0.389 e. The summed E-state index contributed by atoms with van der Waals surface area (Å²) in [7, 11) is 0.